The van der Waals surface area contributed by atoms with Crippen LogP contribution in [0.25, 0.3) is 0 Å². The van der Waals surface area contributed by atoms with Crippen LogP contribution in [0.3, 0.4) is 0 Å². The van der Waals surface area contributed by atoms with Gasteiger partial charge in [0.15, 0.2) is 0 Å². The molecule has 30 heteroatoms. The first-order valence-electron chi connectivity index (χ1n) is 23.1. The average Bonchev–Trinajstić information content (AvgIpc) is 3.35. The molecule has 30 nitrogen and oxygen atoms in total. The van der Waals surface area contributed by atoms with Gasteiger partial charge in [-0.3, -0.25) is 57.5 Å². The Labute approximate surface area is 439 Å². The number of benzene rings is 3. The van der Waals surface area contributed by atoms with Gasteiger partial charge < -0.3 is 78.5 Å². The van der Waals surface area contributed by atoms with Crippen LogP contribution in [-0.2, 0) is 77.2 Å². The maximum absolute atomic E-state index is 13.8. The van der Waals surface area contributed by atoms with Gasteiger partial charge in [0, 0.05) is 91.9 Å². The van der Waals surface area contributed by atoms with Crippen LogP contribution in [0.5, 0.6) is 0 Å². The summed E-state index contributed by atoms with van der Waals surface area (Å²) in [5.41, 5.74) is 0.116. The summed E-state index contributed by atoms with van der Waals surface area (Å²) in [6, 6.07) is 6.39. The summed E-state index contributed by atoms with van der Waals surface area (Å²) in [7, 11) is 0. The molecule has 78 heavy (non-hydrogen) atoms. The lowest BCUT2D eigenvalue weighted by molar-refractivity contribution is -0.147. The van der Waals surface area contributed by atoms with Crippen LogP contribution in [0, 0.1) is 0 Å². The lowest BCUT2D eigenvalue weighted by atomic mass is 10.0. The van der Waals surface area contributed by atoms with E-state index in [4.69, 9.17) is 15.3 Å². The van der Waals surface area contributed by atoms with Crippen molar-refractivity contribution < 1.29 is 103 Å². The van der Waals surface area contributed by atoms with E-state index in [1.807, 2.05) is 16.0 Å². The van der Waals surface area contributed by atoms with Gasteiger partial charge in [-0.25, -0.2) is 14.4 Å². The molecule has 1 aliphatic rings. The number of aliphatic carboxylic acids is 6. The summed E-state index contributed by atoms with van der Waals surface area (Å²) >= 11 is 0. The van der Waals surface area contributed by atoms with E-state index >= 15 is 0 Å². The van der Waals surface area contributed by atoms with Crippen molar-refractivity contribution in [3.63, 3.8) is 0 Å². The summed E-state index contributed by atoms with van der Waals surface area (Å²) in [5, 5.41) is 76.1. The Kier molecular flexibility index (Phi) is 21.9. The fraction of sp³-hybridized carbons (Fsp3) is 0.312. The van der Waals surface area contributed by atoms with Crippen molar-refractivity contribution in [1.82, 2.24) is 31.9 Å². The highest BCUT2D eigenvalue weighted by Crippen LogP contribution is 2.21. The first kappa shape index (κ1) is 60.3. The fourth-order valence-corrected chi connectivity index (χ4v) is 7.12. The lowest BCUT2D eigenvalue weighted by Gasteiger charge is -2.16. The molecule has 0 aromatic heterocycles. The van der Waals surface area contributed by atoms with Gasteiger partial charge in [0.25, 0.3) is 17.7 Å². The number of carboxylic acids is 6. The molecule has 1 heterocycles. The number of hydrogen-bond acceptors (Lipinski definition) is 15. The third-order valence-electron chi connectivity index (χ3n) is 10.7. The smallest absolute Gasteiger partial charge is 0.326 e. The van der Waals surface area contributed by atoms with Gasteiger partial charge in [-0.05, 0) is 71.3 Å². The Morgan fingerprint density at radius 2 is 0.590 bits per heavy atom. The van der Waals surface area contributed by atoms with Crippen molar-refractivity contribution in [3.8, 4) is 0 Å². The number of rotatable bonds is 24. The van der Waals surface area contributed by atoms with Crippen molar-refractivity contribution in [2.75, 3.05) is 16.0 Å². The molecule has 3 atom stereocenters. The zero-order valence-electron chi connectivity index (χ0n) is 40.7. The first-order chi connectivity index (χ1) is 36.7. The first-order valence-corrected chi connectivity index (χ1v) is 23.1. The van der Waals surface area contributed by atoms with Gasteiger partial charge in [-0.2, -0.15) is 0 Å². The second-order valence-corrected chi connectivity index (χ2v) is 17.1. The molecule has 414 valence electrons. The highest BCUT2D eigenvalue weighted by Gasteiger charge is 2.26. The minimum absolute atomic E-state index is 0.0419. The van der Waals surface area contributed by atoms with Crippen molar-refractivity contribution in [2.24, 2.45) is 0 Å². The maximum Gasteiger partial charge on any atom is 0.326 e. The second kappa shape index (κ2) is 28.4. The molecular weight excluding hydrogens is 1040 g/mol. The van der Waals surface area contributed by atoms with Crippen LogP contribution < -0.4 is 47.9 Å². The van der Waals surface area contributed by atoms with Gasteiger partial charge >= 0.3 is 35.8 Å². The molecule has 3 aromatic carbocycles. The number of carbonyl (C=O) groups excluding carboxylic acids is 9. The Bertz CT molecular complexity index is 2630. The van der Waals surface area contributed by atoms with Crippen molar-refractivity contribution >= 4 is 106 Å². The summed E-state index contributed by atoms with van der Waals surface area (Å²) in [4.78, 5) is 185. The van der Waals surface area contributed by atoms with E-state index in [0.717, 1.165) is 0 Å². The molecule has 15 N–H and O–H groups in total. The zero-order valence-corrected chi connectivity index (χ0v) is 40.7. The average molecular weight is 1090 g/mol. The van der Waals surface area contributed by atoms with Gasteiger partial charge in [0.2, 0.25) is 35.4 Å². The quantitative estimate of drug-likeness (QED) is 0.0516. The molecular formula is C48H51N9O21. The Balaban J connectivity index is 1.66. The molecule has 0 radical (unpaired) electrons. The minimum Gasteiger partial charge on any atom is -0.481 e. The lowest BCUT2D eigenvalue weighted by Crippen LogP contribution is -2.42. The molecule has 0 saturated carbocycles. The van der Waals surface area contributed by atoms with E-state index in [1.54, 1.807) is 0 Å². The second-order valence-electron chi connectivity index (χ2n) is 17.1. The molecule has 6 bridgehead atoms. The van der Waals surface area contributed by atoms with Crippen LogP contribution in [0.4, 0.5) is 17.1 Å². The SMILES string of the molecule is O=C(O)C[C@H](NC(=O)CCC(=O)Nc1cc2cc(c1)C(=O)NCc1cc(NC(=O)CCC(=O)N[C@@H](CC(=O)O)C(=O)O)cc(c1)C(=O)NCc1cc(NC(=O)CCC(=O)N[C@@H](CC(=O)O)C(=O)O)cc(c1)C(=O)NC2)C(=O)O. The predicted octanol–water partition coefficient (Wildman–Crippen LogP) is -0.922. The molecule has 0 unspecified atom stereocenters. The summed E-state index contributed by atoms with van der Waals surface area (Å²) in [6.07, 6.45) is -6.25. The monoisotopic (exact) mass is 1090 g/mol. The van der Waals surface area contributed by atoms with Crippen LogP contribution in [0.2, 0.25) is 0 Å². The maximum atomic E-state index is 13.8. The van der Waals surface area contributed by atoms with Crippen molar-refractivity contribution in [3.05, 3.63) is 88.0 Å². The molecule has 0 fully saturated rings. The van der Waals surface area contributed by atoms with Crippen LogP contribution >= 0.6 is 0 Å². The molecule has 0 saturated heterocycles. The van der Waals surface area contributed by atoms with Gasteiger partial charge in [0.05, 0.1) is 19.3 Å². The molecule has 3 aromatic rings. The van der Waals surface area contributed by atoms with Gasteiger partial charge in [0.1, 0.15) is 18.1 Å². The fourth-order valence-electron chi connectivity index (χ4n) is 7.12. The molecule has 9 amide bonds. The molecule has 0 aliphatic carbocycles. The highest BCUT2D eigenvalue weighted by molar-refractivity contribution is 6.02. The Morgan fingerprint density at radius 3 is 0.808 bits per heavy atom. The minimum atomic E-state index is -1.78. The molecule has 4 rings (SSSR count). The van der Waals surface area contributed by atoms with Gasteiger partial charge in [-0.15, -0.1) is 0 Å². The van der Waals surface area contributed by atoms with Crippen LogP contribution in [-0.4, -0.2) is 138 Å². The largest absolute Gasteiger partial charge is 0.481 e. The van der Waals surface area contributed by atoms with Crippen LogP contribution in [0.1, 0.15) is 106 Å². The summed E-state index contributed by atoms with van der Waals surface area (Å²) in [5.74, 6) is -17.1. The van der Waals surface area contributed by atoms with E-state index in [-0.39, 0.29) is 70.1 Å². The van der Waals surface area contributed by atoms with Crippen molar-refractivity contribution in [2.45, 2.75) is 95.5 Å². The van der Waals surface area contributed by atoms with E-state index in [2.05, 4.69) is 31.9 Å². The highest BCUT2D eigenvalue weighted by atomic mass is 16.4. The van der Waals surface area contributed by atoms with E-state index in [0.29, 0.717) is 0 Å². The summed E-state index contributed by atoms with van der Waals surface area (Å²) in [6.45, 7) is -1.01. The molecule has 0 spiro atoms. The number of anilines is 3. The summed E-state index contributed by atoms with van der Waals surface area (Å²) < 4.78 is 0. The topological polar surface area (TPSA) is 486 Å². The Morgan fingerprint density at radius 1 is 0.359 bits per heavy atom. The number of carbonyl (C=O) groups is 15. The third-order valence-corrected chi connectivity index (χ3v) is 10.7. The van der Waals surface area contributed by atoms with Crippen molar-refractivity contribution in [1.29, 1.82) is 0 Å². The van der Waals surface area contributed by atoms with Crippen LogP contribution in [0.15, 0.2) is 54.6 Å². The van der Waals surface area contributed by atoms with E-state index in [1.165, 1.54) is 54.6 Å². The number of amides is 9. The predicted molar refractivity (Wildman–Crippen MR) is 262 cm³/mol. The normalized spacial score (nSPS) is 13.3. The Hall–Kier alpha value is -10.3. The van der Waals surface area contributed by atoms with Gasteiger partial charge in [-0.1, -0.05) is 0 Å². The van der Waals surface area contributed by atoms with E-state index in [9.17, 15) is 87.2 Å². The number of carboxylic acid groups (broad SMARTS) is 6. The standard InChI is InChI=1S/C48H51N9O21/c58-34(1-4-37(61)55-31(46(73)74)16-40(64)65)52-28-10-22-7-25(13-28)43(70)50-20-23-8-27(15-29(11-23)53-35(59)2-5-38(62)56-32(47(75)76)17-41(66)67)45(72)51-21-24-9-26(44(71)49-19-22)14-30(12-24)54-36(60)3-6-39(63)57-33(48(77)78)18-42(68)69/h7-15,31-33H,1-6,16-21H2,(H,49,71)(H,50,70)(H,51,72)(H,52,58)(H,53,59)(H,54,60)(H,55,61)(H,56,62)(H,57,63)(H,64,65)(H,66,67)(H,68,69)(H,73,74)(H,75,76)(H,77,78)/t31-,32-,33-/m0/s1. The van der Waals surface area contributed by atoms with E-state index < -0.39 is 165 Å². The number of nitrogens with one attached hydrogen (secondary N) is 9. The number of fused-ring (bicyclic) bond motifs is 6. The molecule has 1 aliphatic heterocycles. The zero-order chi connectivity index (χ0) is 57.8. The third kappa shape index (κ3) is 20.6. The number of hydrogen-bond donors (Lipinski definition) is 15.